The summed E-state index contributed by atoms with van der Waals surface area (Å²) in [7, 11) is 0. The average Bonchev–Trinajstić information content (AvgIpc) is 2.38. The van der Waals surface area contributed by atoms with Crippen molar-refractivity contribution in [2.45, 2.75) is 64.6 Å². The van der Waals surface area contributed by atoms with E-state index in [1.54, 1.807) is 0 Å². The fourth-order valence-corrected chi connectivity index (χ4v) is 3.36. The number of hydrogen-bond acceptors (Lipinski definition) is 3. The van der Waals surface area contributed by atoms with Gasteiger partial charge in [0.25, 0.3) is 0 Å². The van der Waals surface area contributed by atoms with Gasteiger partial charge in [-0.2, -0.15) is 0 Å². The Balaban J connectivity index is 1.88. The van der Waals surface area contributed by atoms with Crippen molar-refractivity contribution in [1.82, 2.24) is 9.80 Å². The first kappa shape index (κ1) is 14.3. The van der Waals surface area contributed by atoms with Gasteiger partial charge in [0, 0.05) is 31.7 Å². The normalized spacial score (nSPS) is 34.0. The second-order valence-electron chi connectivity index (χ2n) is 6.40. The fourth-order valence-electron chi connectivity index (χ4n) is 3.36. The lowest BCUT2D eigenvalue weighted by Gasteiger charge is -2.48. The highest BCUT2D eigenvalue weighted by atomic mass is 16.3. The van der Waals surface area contributed by atoms with Crippen LogP contribution in [0, 0.1) is 5.92 Å². The molecule has 2 aliphatic rings. The Kier molecular flexibility index (Phi) is 5.05. The van der Waals surface area contributed by atoms with Crippen LogP contribution in [0.3, 0.4) is 0 Å². The van der Waals surface area contributed by atoms with Crippen LogP contribution < -0.4 is 0 Å². The van der Waals surface area contributed by atoms with Gasteiger partial charge in [0.05, 0.1) is 6.10 Å². The quantitative estimate of drug-likeness (QED) is 0.831. The van der Waals surface area contributed by atoms with Gasteiger partial charge in [-0.3, -0.25) is 9.80 Å². The highest BCUT2D eigenvalue weighted by Gasteiger charge is 2.33. The van der Waals surface area contributed by atoms with E-state index in [1.165, 1.54) is 32.4 Å². The maximum Gasteiger partial charge on any atom is 0.0692 e. The zero-order chi connectivity index (χ0) is 13.1. The lowest BCUT2D eigenvalue weighted by Crippen LogP contribution is -2.60. The SMILES string of the molecule is CCC(C)C(O)CN1CC2CCCCN2CC1C. The monoisotopic (exact) mass is 254 g/mol. The van der Waals surface area contributed by atoms with E-state index in [2.05, 4.69) is 30.6 Å². The summed E-state index contributed by atoms with van der Waals surface area (Å²) in [6.07, 6.45) is 5.02. The molecular weight excluding hydrogens is 224 g/mol. The van der Waals surface area contributed by atoms with Crippen LogP contribution in [0.5, 0.6) is 0 Å². The van der Waals surface area contributed by atoms with E-state index in [4.69, 9.17) is 0 Å². The van der Waals surface area contributed by atoms with E-state index < -0.39 is 0 Å². The van der Waals surface area contributed by atoms with Crippen LogP contribution in [0.1, 0.15) is 46.5 Å². The molecular formula is C15H30N2O. The average molecular weight is 254 g/mol. The number of fused-ring (bicyclic) bond motifs is 1. The summed E-state index contributed by atoms with van der Waals surface area (Å²) in [5, 5.41) is 10.2. The smallest absolute Gasteiger partial charge is 0.0692 e. The topological polar surface area (TPSA) is 26.7 Å². The molecule has 1 N–H and O–H groups in total. The molecule has 2 rings (SSSR count). The molecule has 4 atom stereocenters. The predicted molar refractivity (Wildman–Crippen MR) is 75.7 cm³/mol. The standard InChI is InChI=1S/C15H30N2O/c1-4-12(2)15(18)11-17-10-14-7-5-6-8-16(14)9-13(17)3/h12-15,18H,4-11H2,1-3H3. The van der Waals surface area contributed by atoms with Crippen LogP contribution in [0.4, 0.5) is 0 Å². The van der Waals surface area contributed by atoms with Crippen LogP contribution in [0.2, 0.25) is 0 Å². The number of β-amino-alcohol motifs (C(OH)–C–C–N with tert-alkyl or cyclic N) is 1. The predicted octanol–water partition coefficient (Wildman–Crippen LogP) is 1.95. The summed E-state index contributed by atoms with van der Waals surface area (Å²) in [5.41, 5.74) is 0. The van der Waals surface area contributed by atoms with Gasteiger partial charge in [0.15, 0.2) is 0 Å². The van der Waals surface area contributed by atoms with E-state index in [9.17, 15) is 5.11 Å². The number of aliphatic hydroxyl groups is 1. The van der Waals surface area contributed by atoms with Crippen molar-refractivity contribution in [3.8, 4) is 0 Å². The highest BCUT2D eigenvalue weighted by molar-refractivity contribution is 4.90. The molecule has 0 amide bonds. The molecule has 4 unspecified atom stereocenters. The molecule has 2 aliphatic heterocycles. The van der Waals surface area contributed by atoms with E-state index >= 15 is 0 Å². The molecule has 2 saturated heterocycles. The second-order valence-corrected chi connectivity index (χ2v) is 6.40. The van der Waals surface area contributed by atoms with Gasteiger partial charge >= 0.3 is 0 Å². The minimum absolute atomic E-state index is 0.160. The van der Waals surface area contributed by atoms with Crippen molar-refractivity contribution < 1.29 is 5.11 Å². The Morgan fingerprint density at radius 1 is 1.28 bits per heavy atom. The van der Waals surface area contributed by atoms with Gasteiger partial charge in [-0.25, -0.2) is 0 Å². The van der Waals surface area contributed by atoms with Gasteiger partial charge in [-0.15, -0.1) is 0 Å². The minimum atomic E-state index is -0.160. The third kappa shape index (κ3) is 3.25. The second kappa shape index (κ2) is 6.36. The maximum absolute atomic E-state index is 10.2. The molecule has 106 valence electrons. The lowest BCUT2D eigenvalue weighted by molar-refractivity contribution is -0.0176. The van der Waals surface area contributed by atoms with Crippen LogP contribution >= 0.6 is 0 Å². The summed E-state index contributed by atoms with van der Waals surface area (Å²) in [5.74, 6) is 0.418. The molecule has 0 bridgehead atoms. The number of piperazine rings is 1. The molecule has 3 nitrogen and oxygen atoms in total. The summed E-state index contributed by atoms with van der Waals surface area (Å²) < 4.78 is 0. The van der Waals surface area contributed by atoms with E-state index in [0.717, 1.165) is 25.6 Å². The Bertz CT molecular complexity index is 257. The van der Waals surface area contributed by atoms with Crippen molar-refractivity contribution in [3.05, 3.63) is 0 Å². The zero-order valence-electron chi connectivity index (χ0n) is 12.3. The van der Waals surface area contributed by atoms with Gasteiger partial charge in [0.2, 0.25) is 0 Å². The summed E-state index contributed by atoms with van der Waals surface area (Å²) in [4.78, 5) is 5.18. The van der Waals surface area contributed by atoms with Crippen molar-refractivity contribution in [2.24, 2.45) is 5.92 Å². The molecule has 0 aromatic rings. The number of nitrogens with zero attached hydrogens (tertiary/aromatic N) is 2. The maximum atomic E-state index is 10.2. The van der Waals surface area contributed by atoms with Crippen LogP contribution in [-0.4, -0.2) is 59.3 Å². The van der Waals surface area contributed by atoms with Crippen molar-refractivity contribution in [3.63, 3.8) is 0 Å². The largest absolute Gasteiger partial charge is 0.392 e. The number of aliphatic hydroxyl groups excluding tert-OH is 1. The first-order chi connectivity index (χ1) is 8.61. The zero-order valence-corrected chi connectivity index (χ0v) is 12.3. The molecule has 0 aromatic carbocycles. The molecule has 2 fully saturated rings. The number of rotatable bonds is 4. The molecule has 0 aromatic heterocycles. The van der Waals surface area contributed by atoms with Gasteiger partial charge in [-0.1, -0.05) is 26.7 Å². The van der Waals surface area contributed by atoms with Crippen molar-refractivity contribution >= 4 is 0 Å². The number of hydrogen-bond donors (Lipinski definition) is 1. The Morgan fingerprint density at radius 2 is 2.06 bits per heavy atom. The van der Waals surface area contributed by atoms with E-state index in [0.29, 0.717) is 12.0 Å². The van der Waals surface area contributed by atoms with E-state index in [1.807, 2.05) is 0 Å². The lowest BCUT2D eigenvalue weighted by atomic mass is 9.95. The Hall–Kier alpha value is -0.120. The summed E-state index contributed by atoms with van der Waals surface area (Å²) in [6.45, 7) is 11.1. The highest BCUT2D eigenvalue weighted by Crippen LogP contribution is 2.24. The molecule has 0 radical (unpaired) electrons. The summed E-state index contributed by atoms with van der Waals surface area (Å²) in [6, 6.07) is 1.34. The minimum Gasteiger partial charge on any atom is -0.392 e. The molecule has 0 spiro atoms. The number of piperidine rings is 1. The first-order valence-corrected chi connectivity index (χ1v) is 7.78. The first-order valence-electron chi connectivity index (χ1n) is 7.78. The Labute approximate surface area is 112 Å². The van der Waals surface area contributed by atoms with Crippen LogP contribution in [0.25, 0.3) is 0 Å². The fraction of sp³-hybridized carbons (Fsp3) is 1.00. The van der Waals surface area contributed by atoms with Crippen molar-refractivity contribution in [2.75, 3.05) is 26.2 Å². The third-order valence-electron chi connectivity index (χ3n) is 5.04. The van der Waals surface area contributed by atoms with Gasteiger partial charge in [-0.05, 0) is 32.2 Å². The molecule has 0 saturated carbocycles. The van der Waals surface area contributed by atoms with E-state index in [-0.39, 0.29) is 6.10 Å². The third-order valence-corrected chi connectivity index (χ3v) is 5.04. The van der Waals surface area contributed by atoms with Crippen LogP contribution in [0.15, 0.2) is 0 Å². The van der Waals surface area contributed by atoms with Crippen molar-refractivity contribution in [1.29, 1.82) is 0 Å². The summed E-state index contributed by atoms with van der Waals surface area (Å²) >= 11 is 0. The molecule has 0 aliphatic carbocycles. The van der Waals surface area contributed by atoms with Crippen LogP contribution in [-0.2, 0) is 0 Å². The Morgan fingerprint density at radius 3 is 2.78 bits per heavy atom. The molecule has 3 heteroatoms. The molecule has 18 heavy (non-hydrogen) atoms. The van der Waals surface area contributed by atoms with Gasteiger partial charge in [0.1, 0.15) is 0 Å². The van der Waals surface area contributed by atoms with Gasteiger partial charge < -0.3 is 5.11 Å². The molecule has 2 heterocycles.